The van der Waals surface area contributed by atoms with Gasteiger partial charge in [-0.2, -0.15) is 0 Å². The van der Waals surface area contributed by atoms with Gasteiger partial charge in [0.1, 0.15) is 0 Å². The van der Waals surface area contributed by atoms with Crippen LogP contribution in [-0.2, 0) is 9.59 Å². The van der Waals surface area contributed by atoms with Gasteiger partial charge in [0, 0.05) is 23.5 Å². The van der Waals surface area contributed by atoms with E-state index >= 15 is 0 Å². The molecule has 3 fully saturated rings. The molecule has 2 aromatic carbocycles. The summed E-state index contributed by atoms with van der Waals surface area (Å²) < 4.78 is 0. The van der Waals surface area contributed by atoms with Crippen LogP contribution in [0.5, 0.6) is 0 Å². The zero-order chi connectivity index (χ0) is 24.7. The number of hydrogen-bond acceptors (Lipinski definition) is 2. The first-order valence-electron chi connectivity index (χ1n) is 14.5. The van der Waals surface area contributed by atoms with Crippen molar-refractivity contribution in [2.45, 2.75) is 102 Å². The Kier molecular flexibility index (Phi) is 8.40. The standard InChI is InChI=1S/C32H42N2O2/c35-31(33(25-15-5-1-6-16-25)26-17-7-2-8-18-26)29-23-13-14-24-30(29)32(36)34(27-19-9-3-10-20-27)28-21-11-4-12-22-28/h1,3,5-6,9-10,15-16,19-20,26,28-30H,2,4,7-8,11-14,17-18,21-24H2. The van der Waals surface area contributed by atoms with E-state index in [9.17, 15) is 9.59 Å². The van der Waals surface area contributed by atoms with E-state index in [2.05, 4.69) is 34.1 Å². The molecule has 2 unspecified atom stereocenters. The lowest BCUT2D eigenvalue weighted by Crippen LogP contribution is -2.52. The van der Waals surface area contributed by atoms with Gasteiger partial charge in [-0.3, -0.25) is 9.59 Å². The Hall–Kier alpha value is -2.62. The molecule has 0 radical (unpaired) electrons. The van der Waals surface area contributed by atoms with Gasteiger partial charge in [-0.25, -0.2) is 0 Å². The van der Waals surface area contributed by atoms with E-state index in [-0.39, 0.29) is 35.7 Å². The van der Waals surface area contributed by atoms with Crippen LogP contribution < -0.4 is 9.80 Å². The van der Waals surface area contributed by atoms with Crippen molar-refractivity contribution in [2.75, 3.05) is 9.80 Å². The maximum atomic E-state index is 14.4. The van der Waals surface area contributed by atoms with E-state index < -0.39 is 0 Å². The van der Waals surface area contributed by atoms with Crippen LogP contribution in [0.25, 0.3) is 0 Å². The van der Waals surface area contributed by atoms with Crippen molar-refractivity contribution in [3.63, 3.8) is 0 Å². The number of benzene rings is 2. The first-order chi connectivity index (χ1) is 17.7. The summed E-state index contributed by atoms with van der Waals surface area (Å²) in [6, 6.07) is 20.9. The highest BCUT2D eigenvalue weighted by Gasteiger charge is 2.43. The highest BCUT2D eigenvalue weighted by Crippen LogP contribution is 2.39. The third-order valence-electron chi connectivity index (χ3n) is 8.82. The third-order valence-corrected chi connectivity index (χ3v) is 8.82. The summed E-state index contributed by atoms with van der Waals surface area (Å²) in [6.45, 7) is 0. The van der Waals surface area contributed by atoms with Crippen LogP contribution in [0.4, 0.5) is 11.4 Å². The van der Waals surface area contributed by atoms with E-state index in [0.29, 0.717) is 0 Å². The van der Waals surface area contributed by atoms with Gasteiger partial charge in [0.2, 0.25) is 11.8 Å². The summed E-state index contributed by atoms with van der Waals surface area (Å²) in [5, 5.41) is 0. The molecule has 5 rings (SSSR count). The van der Waals surface area contributed by atoms with E-state index in [0.717, 1.165) is 62.7 Å². The summed E-state index contributed by atoms with van der Waals surface area (Å²) >= 11 is 0. The minimum Gasteiger partial charge on any atom is -0.309 e. The molecule has 2 atom stereocenters. The largest absolute Gasteiger partial charge is 0.309 e. The highest BCUT2D eigenvalue weighted by molar-refractivity contribution is 6.02. The SMILES string of the molecule is O=C(C1CCCCC1C(=O)N(c1ccccc1)C1CCCCC1)N(c1ccccc1)C1CCCCC1. The van der Waals surface area contributed by atoms with Crippen LogP contribution >= 0.6 is 0 Å². The molecular formula is C32H42N2O2. The van der Waals surface area contributed by atoms with Gasteiger partial charge in [0.05, 0.1) is 11.8 Å². The molecule has 3 aliphatic rings. The van der Waals surface area contributed by atoms with Crippen LogP contribution in [0.15, 0.2) is 60.7 Å². The lowest BCUT2D eigenvalue weighted by atomic mass is 9.76. The second kappa shape index (κ2) is 12.1. The van der Waals surface area contributed by atoms with Gasteiger partial charge in [0.25, 0.3) is 0 Å². The normalized spacial score (nSPS) is 23.7. The molecule has 0 spiro atoms. The molecule has 0 bridgehead atoms. The Bertz CT molecular complexity index is 898. The molecular weight excluding hydrogens is 444 g/mol. The summed E-state index contributed by atoms with van der Waals surface area (Å²) in [4.78, 5) is 33.0. The van der Waals surface area contributed by atoms with E-state index in [4.69, 9.17) is 0 Å². The lowest BCUT2D eigenvalue weighted by molar-refractivity contribution is -0.134. The van der Waals surface area contributed by atoms with E-state index in [1.54, 1.807) is 0 Å². The smallest absolute Gasteiger partial charge is 0.231 e. The third kappa shape index (κ3) is 5.53. The first kappa shape index (κ1) is 25.0. The first-order valence-corrected chi connectivity index (χ1v) is 14.5. The molecule has 192 valence electrons. The van der Waals surface area contributed by atoms with Gasteiger partial charge in [-0.15, -0.1) is 0 Å². The van der Waals surface area contributed by atoms with Crippen molar-refractivity contribution in [3.8, 4) is 0 Å². The molecule has 4 nitrogen and oxygen atoms in total. The monoisotopic (exact) mass is 486 g/mol. The number of para-hydroxylation sites is 2. The van der Waals surface area contributed by atoms with Crippen molar-refractivity contribution < 1.29 is 9.59 Å². The van der Waals surface area contributed by atoms with Crippen molar-refractivity contribution in [1.29, 1.82) is 0 Å². The van der Waals surface area contributed by atoms with Crippen LogP contribution in [-0.4, -0.2) is 23.9 Å². The average Bonchev–Trinajstić information content (AvgIpc) is 2.95. The number of anilines is 2. The predicted octanol–water partition coefficient (Wildman–Crippen LogP) is 7.52. The Morgan fingerprint density at radius 3 is 1.17 bits per heavy atom. The minimum absolute atomic E-state index is 0.183. The van der Waals surface area contributed by atoms with E-state index in [1.165, 1.54) is 38.5 Å². The fraction of sp³-hybridized carbons (Fsp3) is 0.562. The number of amides is 2. The summed E-state index contributed by atoms with van der Waals surface area (Å²) in [5.41, 5.74) is 2.00. The van der Waals surface area contributed by atoms with Gasteiger partial charge in [0.15, 0.2) is 0 Å². The molecule has 3 saturated carbocycles. The molecule has 0 aromatic heterocycles. The maximum absolute atomic E-state index is 14.4. The van der Waals surface area contributed by atoms with Crippen LogP contribution in [0.2, 0.25) is 0 Å². The fourth-order valence-electron chi connectivity index (χ4n) is 6.97. The number of carbonyl (C=O) groups excluding carboxylic acids is 2. The molecule has 0 aliphatic heterocycles. The number of hydrogen-bond donors (Lipinski definition) is 0. The Balaban J connectivity index is 1.45. The quantitative estimate of drug-likeness (QED) is 0.423. The molecule has 2 aromatic rings. The molecule has 0 heterocycles. The topological polar surface area (TPSA) is 40.6 Å². The molecule has 0 saturated heterocycles. The van der Waals surface area contributed by atoms with Crippen LogP contribution in [0, 0.1) is 11.8 Å². The van der Waals surface area contributed by atoms with Gasteiger partial charge in [-0.1, -0.05) is 87.8 Å². The van der Waals surface area contributed by atoms with Crippen molar-refractivity contribution in [3.05, 3.63) is 60.7 Å². The van der Waals surface area contributed by atoms with Gasteiger partial charge in [-0.05, 0) is 62.8 Å². The maximum Gasteiger partial charge on any atom is 0.231 e. The van der Waals surface area contributed by atoms with Gasteiger partial charge < -0.3 is 9.80 Å². The molecule has 0 N–H and O–H groups in total. The van der Waals surface area contributed by atoms with Crippen molar-refractivity contribution in [1.82, 2.24) is 0 Å². The van der Waals surface area contributed by atoms with Gasteiger partial charge >= 0.3 is 0 Å². The second-order valence-corrected chi connectivity index (χ2v) is 11.2. The molecule has 3 aliphatic carbocycles. The summed E-state index contributed by atoms with van der Waals surface area (Å²) in [6.07, 6.45) is 15.2. The Labute approximate surface area is 217 Å². The number of carbonyl (C=O) groups is 2. The molecule has 4 heteroatoms. The summed E-state index contributed by atoms with van der Waals surface area (Å²) in [5.74, 6) is -0.100. The lowest BCUT2D eigenvalue weighted by Gasteiger charge is -2.42. The minimum atomic E-state index is -0.233. The zero-order valence-corrected chi connectivity index (χ0v) is 21.7. The Morgan fingerprint density at radius 2 is 0.806 bits per heavy atom. The predicted molar refractivity (Wildman–Crippen MR) is 147 cm³/mol. The van der Waals surface area contributed by atoms with E-state index in [1.807, 2.05) is 36.4 Å². The number of nitrogens with zero attached hydrogens (tertiary/aromatic N) is 2. The van der Waals surface area contributed by atoms with Crippen LogP contribution in [0.1, 0.15) is 89.9 Å². The second-order valence-electron chi connectivity index (χ2n) is 11.2. The Morgan fingerprint density at radius 1 is 0.472 bits per heavy atom. The molecule has 36 heavy (non-hydrogen) atoms. The highest BCUT2D eigenvalue weighted by atomic mass is 16.2. The molecule has 2 amide bonds. The average molecular weight is 487 g/mol. The summed E-state index contributed by atoms with van der Waals surface area (Å²) in [7, 11) is 0. The fourth-order valence-corrected chi connectivity index (χ4v) is 6.97. The number of rotatable bonds is 6. The zero-order valence-electron chi connectivity index (χ0n) is 21.7. The van der Waals surface area contributed by atoms with Crippen LogP contribution in [0.3, 0.4) is 0 Å². The van der Waals surface area contributed by atoms with Crippen molar-refractivity contribution >= 4 is 23.2 Å². The van der Waals surface area contributed by atoms with Crippen molar-refractivity contribution in [2.24, 2.45) is 11.8 Å².